The van der Waals surface area contributed by atoms with Gasteiger partial charge < -0.3 is 10.1 Å². The van der Waals surface area contributed by atoms with Crippen molar-refractivity contribution in [2.75, 3.05) is 11.9 Å². The van der Waals surface area contributed by atoms with Crippen LogP contribution in [-0.2, 0) is 17.6 Å². The molecule has 0 unspecified atom stereocenters. The molecule has 1 N–H and O–H groups in total. The number of hydrogen-bond acceptors (Lipinski definition) is 6. The first-order valence-corrected chi connectivity index (χ1v) is 10.8. The molecule has 2 heterocycles. The molecule has 6 heteroatoms. The fraction of sp³-hybridized carbons (Fsp3) is 0.208. The number of hydrogen-bond donors (Lipinski definition) is 1. The number of esters is 1. The summed E-state index contributed by atoms with van der Waals surface area (Å²) < 4.78 is 5.54. The van der Waals surface area contributed by atoms with Crippen LogP contribution in [0.1, 0.15) is 33.3 Å². The molecule has 0 atom stereocenters. The molecule has 30 heavy (non-hydrogen) atoms. The normalized spacial score (nSPS) is 10.9. The van der Waals surface area contributed by atoms with Gasteiger partial charge in [-0.3, -0.25) is 0 Å². The van der Waals surface area contributed by atoms with Gasteiger partial charge in [0.2, 0.25) is 0 Å². The smallest absolute Gasteiger partial charge is 0.348 e. The van der Waals surface area contributed by atoms with E-state index >= 15 is 0 Å². The molecule has 0 fully saturated rings. The van der Waals surface area contributed by atoms with Crippen LogP contribution in [-0.4, -0.2) is 22.5 Å². The lowest BCUT2D eigenvalue weighted by Crippen LogP contribution is -2.07. The van der Waals surface area contributed by atoms with Crippen LogP contribution in [0.3, 0.4) is 0 Å². The Kier molecular flexibility index (Phi) is 6.05. The summed E-state index contributed by atoms with van der Waals surface area (Å²) >= 11 is 1.35. The van der Waals surface area contributed by atoms with Crippen molar-refractivity contribution in [3.8, 4) is 0 Å². The number of para-hydroxylation sites is 1. The van der Waals surface area contributed by atoms with E-state index in [0.717, 1.165) is 33.5 Å². The fourth-order valence-electron chi connectivity index (χ4n) is 3.41. The number of anilines is 2. The fourth-order valence-corrected chi connectivity index (χ4v) is 4.45. The average molecular weight is 418 g/mol. The minimum absolute atomic E-state index is 0.314. The Hall–Kier alpha value is -3.25. The third kappa shape index (κ3) is 4.19. The van der Waals surface area contributed by atoms with E-state index in [1.165, 1.54) is 23.2 Å². The standard InChI is InChI=1S/C24H23N3O2S/c1-3-18-11-7-8-12-19(18)27-22-20-16(2)21(30-23(20)26-15-25-22)24(28)29-14-13-17-9-5-4-6-10-17/h4-12,15H,3,13-14H2,1-2H3,(H,25,26,27). The van der Waals surface area contributed by atoms with Gasteiger partial charge in [-0.1, -0.05) is 55.5 Å². The molecule has 0 saturated heterocycles. The highest BCUT2D eigenvalue weighted by Crippen LogP contribution is 2.35. The number of aromatic nitrogens is 2. The predicted octanol–water partition coefficient (Wildman–Crippen LogP) is 5.71. The van der Waals surface area contributed by atoms with E-state index in [-0.39, 0.29) is 5.97 Å². The van der Waals surface area contributed by atoms with Gasteiger partial charge in [-0.2, -0.15) is 0 Å². The summed E-state index contributed by atoms with van der Waals surface area (Å²) in [5, 5.41) is 4.29. The molecule has 4 rings (SSSR count). The maximum atomic E-state index is 12.7. The van der Waals surface area contributed by atoms with E-state index in [1.54, 1.807) is 0 Å². The Labute approximate surface area is 179 Å². The third-order valence-electron chi connectivity index (χ3n) is 5.03. The molecular formula is C24H23N3O2S. The van der Waals surface area contributed by atoms with Crippen molar-refractivity contribution in [3.05, 3.63) is 82.5 Å². The molecular weight excluding hydrogens is 394 g/mol. The number of carbonyl (C=O) groups is 1. The number of aryl methyl sites for hydroxylation is 2. The highest BCUT2D eigenvalue weighted by molar-refractivity contribution is 7.20. The Morgan fingerprint density at radius 2 is 1.83 bits per heavy atom. The summed E-state index contributed by atoms with van der Waals surface area (Å²) in [5.74, 6) is 0.393. The van der Waals surface area contributed by atoms with E-state index in [1.807, 2.05) is 55.5 Å². The van der Waals surface area contributed by atoms with Gasteiger partial charge in [0.25, 0.3) is 0 Å². The number of fused-ring (bicyclic) bond motifs is 1. The quantitative estimate of drug-likeness (QED) is 0.391. The van der Waals surface area contributed by atoms with Gasteiger partial charge in [0, 0.05) is 12.1 Å². The molecule has 0 radical (unpaired) electrons. The SMILES string of the molecule is CCc1ccccc1Nc1ncnc2sc(C(=O)OCCc3ccccc3)c(C)c12. The molecule has 0 bridgehead atoms. The summed E-state index contributed by atoms with van der Waals surface area (Å²) in [7, 11) is 0. The molecule has 2 aromatic carbocycles. The maximum Gasteiger partial charge on any atom is 0.348 e. The van der Waals surface area contributed by atoms with Gasteiger partial charge in [-0.15, -0.1) is 11.3 Å². The summed E-state index contributed by atoms with van der Waals surface area (Å²) in [6, 6.07) is 18.1. The summed E-state index contributed by atoms with van der Waals surface area (Å²) in [6.07, 6.45) is 3.13. The van der Waals surface area contributed by atoms with Crippen LogP contribution in [0.4, 0.5) is 11.5 Å². The Balaban J connectivity index is 1.56. The van der Waals surface area contributed by atoms with Crippen molar-refractivity contribution in [1.82, 2.24) is 9.97 Å². The van der Waals surface area contributed by atoms with Gasteiger partial charge in [0.05, 0.1) is 12.0 Å². The third-order valence-corrected chi connectivity index (χ3v) is 6.21. The molecule has 152 valence electrons. The second-order valence-corrected chi connectivity index (χ2v) is 7.96. The molecule has 5 nitrogen and oxygen atoms in total. The topological polar surface area (TPSA) is 64.1 Å². The number of nitrogens with zero attached hydrogens (tertiary/aromatic N) is 2. The Morgan fingerprint density at radius 3 is 2.63 bits per heavy atom. The molecule has 2 aromatic heterocycles. The Bertz CT molecular complexity index is 1170. The lowest BCUT2D eigenvalue weighted by atomic mass is 10.1. The highest BCUT2D eigenvalue weighted by Gasteiger charge is 2.20. The van der Waals surface area contributed by atoms with Crippen molar-refractivity contribution in [3.63, 3.8) is 0 Å². The van der Waals surface area contributed by atoms with E-state index in [0.29, 0.717) is 23.7 Å². The van der Waals surface area contributed by atoms with Crippen LogP contribution in [0.2, 0.25) is 0 Å². The zero-order valence-corrected chi connectivity index (χ0v) is 17.8. The zero-order valence-electron chi connectivity index (χ0n) is 17.0. The predicted molar refractivity (Wildman–Crippen MR) is 122 cm³/mol. The second kappa shape index (κ2) is 9.05. The number of rotatable bonds is 7. The van der Waals surface area contributed by atoms with Gasteiger partial charge in [0.15, 0.2) is 0 Å². The van der Waals surface area contributed by atoms with Gasteiger partial charge in [0.1, 0.15) is 21.9 Å². The molecule has 0 saturated carbocycles. The summed E-state index contributed by atoms with van der Waals surface area (Å²) in [4.78, 5) is 22.9. The monoisotopic (exact) mass is 417 g/mol. The molecule has 0 amide bonds. The average Bonchev–Trinajstić information content (AvgIpc) is 3.12. The molecule has 0 aliphatic carbocycles. The van der Waals surface area contributed by atoms with Crippen LogP contribution in [0.25, 0.3) is 10.2 Å². The summed E-state index contributed by atoms with van der Waals surface area (Å²) in [6.45, 7) is 4.39. The minimum Gasteiger partial charge on any atom is -0.461 e. The largest absolute Gasteiger partial charge is 0.461 e. The molecule has 0 aliphatic rings. The Morgan fingerprint density at radius 1 is 1.07 bits per heavy atom. The van der Waals surface area contributed by atoms with Crippen LogP contribution in [0.5, 0.6) is 0 Å². The van der Waals surface area contributed by atoms with E-state index in [2.05, 4.69) is 28.3 Å². The van der Waals surface area contributed by atoms with Crippen LogP contribution < -0.4 is 5.32 Å². The number of benzene rings is 2. The lowest BCUT2D eigenvalue weighted by molar-refractivity contribution is 0.0514. The van der Waals surface area contributed by atoms with Crippen molar-refractivity contribution in [1.29, 1.82) is 0 Å². The maximum absolute atomic E-state index is 12.7. The van der Waals surface area contributed by atoms with E-state index in [9.17, 15) is 4.79 Å². The van der Waals surface area contributed by atoms with Gasteiger partial charge in [-0.05, 0) is 36.1 Å². The first-order valence-electron chi connectivity index (χ1n) is 9.97. The van der Waals surface area contributed by atoms with Crippen LogP contribution in [0.15, 0.2) is 60.9 Å². The van der Waals surface area contributed by atoms with Crippen molar-refractivity contribution < 1.29 is 9.53 Å². The number of ether oxygens (including phenoxy) is 1. The summed E-state index contributed by atoms with van der Waals surface area (Å²) in [5.41, 5.74) is 4.21. The van der Waals surface area contributed by atoms with Crippen molar-refractivity contribution in [2.45, 2.75) is 26.7 Å². The van der Waals surface area contributed by atoms with E-state index in [4.69, 9.17) is 4.74 Å². The molecule has 0 spiro atoms. The zero-order chi connectivity index (χ0) is 20.9. The number of nitrogens with one attached hydrogen (secondary N) is 1. The van der Waals surface area contributed by atoms with Crippen molar-refractivity contribution >= 4 is 39.0 Å². The van der Waals surface area contributed by atoms with Gasteiger partial charge in [-0.25, -0.2) is 14.8 Å². The molecule has 0 aliphatic heterocycles. The highest BCUT2D eigenvalue weighted by atomic mass is 32.1. The van der Waals surface area contributed by atoms with Crippen molar-refractivity contribution in [2.24, 2.45) is 0 Å². The number of thiophene rings is 1. The van der Waals surface area contributed by atoms with E-state index < -0.39 is 0 Å². The molecule has 4 aromatic rings. The van der Waals surface area contributed by atoms with Crippen LogP contribution in [0, 0.1) is 6.92 Å². The second-order valence-electron chi connectivity index (χ2n) is 6.97. The first kappa shape index (κ1) is 20.0. The van der Waals surface area contributed by atoms with Gasteiger partial charge >= 0.3 is 5.97 Å². The van der Waals surface area contributed by atoms with Crippen LogP contribution >= 0.6 is 11.3 Å². The lowest BCUT2D eigenvalue weighted by Gasteiger charge is -2.11. The first-order chi connectivity index (χ1) is 14.7. The minimum atomic E-state index is -0.314. The number of carbonyl (C=O) groups excluding carboxylic acids is 1.